The highest BCUT2D eigenvalue weighted by molar-refractivity contribution is 4.98. The minimum Gasteiger partial charge on any atom is -0.412 e. The van der Waals surface area contributed by atoms with Crippen molar-refractivity contribution in [1.29, 1.82) is 0 Å². The molecule has 0 amide bonds. The fourth-order valence-electron chi connectivity index (χ4n) is 0.477. The molecule has 0 radical (unpaired) electrons. The zero-order valence-corrected chi connectivity index (χ0v) is 5.39. The van der Waals surface area contributed by atoms with Crippen molar-refractivity contribution in [3.63, 3.8) is 0 Å². The molecule has 0 aliphatic carbocycles. The van der Waals surface area contributed by atoms with Gasteiger partial charge < -0.3 is 10.5 Å². The highest BCUT2D eigenvalue weighted by Gasteiger charge is 1.88. The molecule has 0 atom stereocenters. The van der Waals surface area contributed by atoms with Gasteiger partial charge >= 0.3 is 5.69 Å². The normalized spacial score (nSPS) is 8.50. The van der Waals surface area contributed by atoms with Crippen molar-refractivity contribution < 1.29 is 5.48 Å². The first-order valence-corrected chi connectivity index (χ1v) is 2.49. The van der Waals surface area contributed by atoms with Crippen molar-refractivity contribution in [2.45, 2.75) is 6.92 Å². The highest BCUT2D eigenvalue weighted by atomic mass is 16.2. The molecule has 10 heavy (non-hydrogen) atoms. The lowest BCUT2D eigenvalue weighted by molar-refractivity contribution is 0.824. The third-order valence-corrected chi connectivity index (χ3v) is 1.00. The van der Waals surface area contributed by atoms with E-state index in [-0.39, 0.29) is 11.0 Å². The number of aromatic amines is 2. The maximum absolute atomic E-state index is 10.6. The summed E-state index contributed by atoms with van der Waals surface area (Å²) in [4.78, 5) is 25.3. The molecule has 5 nitrogen and oxygen atoms in total. The maximum Gasteiger partial charge on any atom is 0.325 e. The fraction of sp³-hybridized carbons (Fsp3) is 0.200. The third-order valence-electron chi connectivity index (χ3n) is 1.00. The van der Waals surface area contributed by atoms with E-state index >= 15 is 0 Å². The van der Waals surface area contributed by atoms with E-state index in [1.807, 2.05) is 0 Å². The lowest BCUT2D eigenvalue weighted by atomic mass is 10.4. The Bertz CT molecular complexity index is 311. The van der Waals surface area contributed by atoms with Gasteiger partial charge in [-0.3, -0.25) is 9.78 Å². The molecule has 0 saturated heterocycles. The Kier molecular flexibility index (Phi) is 2.57. The van der Waals surface area contributed by atoms with Crippen molar-refractivity contribution in [3.8, 4) is 0 Å². The van der Waals surface area contributed by atoms with Crippen molar-refractivity contribution >= 4 is 0 Å². The number of hydrogen-bond acceptors (Lipinski definition) is 2. The molecular weight excluding hydrogens is 136 g/mol. The fourth-order valence-corrected chi connectivity index (χ4v) is 0.477. The Morgan fingerprint density at radius 3 is 2.40 bits per heavy atom. The summed E-state index contributed by atoms with van der Waals surface area (Å²) in [5, 5.41) is 0. The lowest BCUT2D eigenvalue weighted by Gasteiger charge is -1.84. The molecular formula is C5H8N2O3. The SMILES string of the molecule is Cc1c[nH]c(=O)[nH]c1=O.O. The second-order valence-corrected chi connectivity index (χ2v) is 1.75. The smallest absolute Gasteiger partial charge is 0.325 e. The molecule has 1 rings (SSSR count). The van der Waals surface area contributed by atoms with E-state index < -0.39 is 5.69 Å². The molecule has 0 aliphatic rings. The molecule has 5 heteroatoms. The lowest BCUT2D eigenvalue weighted by Crippen LogP contribution is -2.22. The van der Waals surface area contributed by atoms with Crippen LogP contribution in [0.1, 0.15) is 5.56 Å². The minimum atomic E-state index is -0.467. The van der Waals surface area contributed by atoms with Gasteiger partial charge in [0.2, 0.25) is 0 Å². The van der Waals surface area contributed by atoms with Gasteiger partial charge in [-0.15, -0.1) is 0 Å². The van der Waals surface area contributed by atoms with Gasteiger partial charge in [-0.2, -0.15) is 0 Å². The van der Waals surface area contributed by atoms with Crippen LogP contribution in [0.4, 0.5) is 0 Å². The van der Waals surface area contributed by atoms with Crippen LogP contribution >= 0.6 is 0 Å². The van der Waals surface area contributed by atoms with Gasteiger partial charge in [-0.05, 0) is 6.92 Å². The number of H-pyrrole nitrogens is 2. The summed E-state index contributed by atoms with van der Waals surface area (Å²) in [5.74, 6) is 0. The third kappa shape index (κ3) is 1.56. The van der Waals surface area contributed by atoms with Crippen molar-refractivity contribution in [1.82, 2.24) is 9.97 Å². The second kappa shape index (κ2) is 2.98. The summed E-state index contributed by atoms with van der Waals surface area (Å²) in [6, 6.07) is 0. The maximum atomic E-state index is 10.6. The number of nitrogens with one attached hydrogen (secondary N) is 2. The first kappa shape index (κ1) is 8.64. The summed E-state index contributed by atoms with van der Waals surface area (Å²) in [6.45, 7) is 1.62. The van der Waals surface area contributed by atoms with Crippen LogP contribution in [0, 0.1) is 6.92 Å². The predicted molar refractivity (Wildman–Crippen MR) is 36.0 cm³/mol. The molecule has 1 aromatic heterocycles. The monoisotopic (exact) mass is 144 g/mol. The molecule has 0 saturated carbocycles. The van der Waals surface area contributed by atoms with Crippen molar-refractivity contribution in [2.24, 2.45) is 0 Å². The summed E-state index contributed by atoms with van der Waals surface area (Å²) in [5.41, 5.74) is -0.293. The van der Waals surface area contributed by atoms with Crippen molar-refractivity contribution in [2.75, 3.05) is 0 Å². The van der Waals surface area contributed by atoms with Crippen LogP contribution in [0.15, 0.2) is 15.8 Å². The first-order chi connectivity index (χ1) is 4.20. The number of hydrogen-bond donors (Lipinski definition) is 2. The van der Waals surface area contributed by atoms with E-state index in [1.165, 1.54) is 6.20 Å². The molecule has 56 valence electrons. The Morgan fingerprint density at radius 1 is 1.40 bits per heavy atom. The number of rotatable bonds is 0. The van der Waals surface area contributed by atoms with Crippen LogP contribution in [0.5, 0.6) is 0 Å². The van der Waals surface area contributed by atoms with E-state index in [9.17, 15) is 9.59 Å². The quantitative estimate of drug-likeness (QED) is 0.465. The Labute approximate surface area is 56.0 Å². The summed E-state index contributed by atoms with van der Waals surface area (Å²) in [6.07, 6.45) is 1.38. The van der Waals surface area contributed by atoms with Crippen LogP contribution in [-0.2, 0) is 0 Å². The molecule has 0 aliphatic heterocycles. The minimum absolute atomic E-state index is 0. The Balaban J connectivity index is 0.000000810. The van der Waals surface area contributed by atoms with E-state index in [2.05, 4.69) is 9.97 Å². The van der Waals surface area contributed by atoms with Crippen LogP contribution < -0.4 is 11.2 Å². The molecule has 4 N–H and O–H groups in total. The van der Waals surface area contributed by atoms with Crippen molar-refractivity contribution in [3.05, 3.63) is 32.6 Å². The second-order valence-electron chi connectivity index (χ2n) is 1.75. The van der Waals surface area contributed by atoms with Gasteiger partial charge in [0, 0.05) is 11.8 Å². The predicted octanol–water partition coefficient (Wildman–Crippen LogP) is -1.45. The summed E-state index contributed by atoms with van der Waals surface area (Å²) in [7, 11) is 0. The first-order valence-electron chi connectivity index (χ1n) is 2.49. The van der Waals surface area contributed by atoms with Gasteiger partial charge in [-0.1, -0.05) is 0 Å². The summed E-state index contributed by atoms with van der Waals surface area (Å²) >= 11 is 0. The molecule has 0 fully saturated rings. The van der Waals surface area contributed by atoms with E-state index in [4.69, 9.17) is 0 Å². The standard InChI is InChI=1S/C5H6N2O2.H2O/c1-3-2-6-5(9)7-4(3)8;/h2H,1H3,(H2,6,7,8,9);1H2. The highest BCUT2D eigenvalue weighted by Crippen LogP contribution is 1.73. The van der Waals surface area contributed by atoms with Gasteiger partial charge in [-0.25, -0.2) is 4.79 Å². The van der Waals surface area contributed by atoms with Gasteiger partial charge in [0.25, 0.3) is 5.56 Å². The molecule has 1 heterocycles. The summed E-state index contributed by atoms with van der Waals surface area (Å²) < 4.78 is 0. The van der Waals surface area contributed by atoms with Gasteiger partial charge in [0.15, 0.2) is 0 Å². The van der Waals surface area contributed by atoms with E-state index in [0.29, 0.717) is 5.56 Å². The van der Waals surface area contributed by atoms with Crippen LogP contribution in [0.2, 0.25) is 0 Å². The molecule has 0 unspecified atom stereocenters. The molecule has 1 aromatic rings. The zero-order chi connectivity index (χ0) is 6.85. The van der Waals surface area contributed by atoms with Gasteiger partial charge in [0.1, 0.15) is 0 Å². The Morgan fingerprint density at radius 2 is 2.00 bits per heavy atom. The van der Waals surface area contributed by atoms with Crippen LogP contribution in [0.25, 0.3) is 0 Å². The molecule has 0 aromatic carbocycles. The van der Waals surface area contributed by atoms with E-state index in [1.54, 1.807) is 6.92 Å². The average Bonchev–Trinajstić information content (AvgIpc) is 1.80. The average molecular weight is 144 g/mol. The Hall–Kier alpha value is -1.36. The van der Waals surface area contributed by atoms with Crippen LogP contribution in [0.3, 0.4) is 0 Å². The largest absolute Gasteiger partial charge is 0.412 e. The molecule has 0 spiro atoms. The topological polar surface area (TPSA) is 97.2 Å². The molecule has 0 bridgehead atoms. The number of aromatic nitrogens is 2. The van der Waals surface area contributed by atoms with Crippen LogP contribution in [-0.4, -0.2) is 15.4 Å². The number of aryl methyl sites for hydroxylation is 1. The van der Waals surface area contributed by atoms with E-state index in [0.717, 1.165) is 0 Å². The zero-order valence-electron chi connectivity index (χ0n) is 5.39. The van der Waals surface area contributed by atoms with Gasteiger partial charge in [0.05, 0.1) is 0 Å².